The Morgan fingerprint density at radius 3 is 2.95 bits per heavy atom. The average molecular weight is 322 g/mol. The van der Waals surface area contributed by atoms with Crippen LogP contribution in [0.25, 0.3) is 10.9 Å². The number of amides is 2. The van der Waals surface area contributed by atoms with E-state index >= 15 is 0 Å². The van der Waals surface area contributed by atoms with Crippen molar-refractivity contribution < 1.29 is 9.59 Å². The molecule has 98 valence electrons. The lowest BCUT2D eigenvalue weighted by atomic mass is 9.89. The van der Waals surface area contributed by atoms with Crippen LogP contribution in [0.2, 0.25) is 0 Å². The molecule has 0 spiro atoms. The summed E-state index contributed by atoms with van der Waals surface area (Å²) in [6.45, 7) is 0. The second kappa shape index (κ2) is 4.45. The molecule has 2 aromatic rings. The minimum absolute atomic E-state index is 0.198. The molecule has 1 aliphatic heterocycles. The summed E-state index contributed by atoms with van der Waals surface area (Å²) in [7, 11) is 1.85. The van der Waals surface area contributed by atoms with Crippen molar-refractivity contribution in [1.82, 2.24) is 15.1 Å². The third-order valence-corrected chi connectivity index (χ3v) is 4.38. The summed E-state index contributed by atoms with van der Waals surface area (Å²) in [6.07, 6.45) is 0.915. The van der Waals surface area contributed by atoms with E-state index in [2.05, 4.69) is 26.3 Å². The third kappa shape index (κ3) is 1.96. The highest BCUT2D eigenvalue weighted by atomic mass is 79.9. The molecule has 19 heavy (non-hydrogen) atoms. The minimum Gasteiger partial charge on any atom is -0.296 e. The summed E-state index contributed by atoms with van der Waals surface area (Å²) in [5, 5.41) is 7.81. The number of nitrogens with one attached hydrogen (secondary N) is 1. The lowest BCUT2D eigenvalue weighted by molar-refractivity contribution is -0.134. The highest BCUT2D eigenvalue weighted by molar-refractivity contribution is 9.10. The summed E-state index contributed by atoms with van der Waals surface area (Å²) in [5.74, 6) is -0.732. The number of aromatic nitrogens is 2. The monoisotopic (exact) mass is 321 g/mol. The summed E-state index contributed by atoms with van der Waals surface area (Å²) < 4.78 is 2.62. The van der Waals surface area contributed by atoms with E-state index in [4.69, 9.17) is 0 Å². The molecule has 0 bridgehead atoms. The Balaban J connectivity index is 2.13. The zero-order valence-corrected chi connectivity index (χ0v) is 11.9. The van der Waals surface area contributed by atoms with Crippen molar-refractivity contribution in [2.24, 2.45) is 7.05 Å². The third-order valence-electron chi connectivity index (χ3n) is 3.44. The lowest BCUT2D eigenvalue weighted by Gasteiger charge is -2.21. The van der Waals surface area contributed by atoms with Gasteiger partial charge < -0.3 is 0 Å². The number of rotatable bonds is 1. The summed E-state index contributed by atoms with van der Waals surface area (Å²) in [5.41, 5.74) is 1.69. The largest absolute Gasteiger partial charge is 0.296 e. The van der Waals surface area contributed by atoms with E-state index < -0.39 is 0 Å². The van der Waals surface area contributed by atoms with Crippen LogP contribution in [0.3, 0.4) is 0 Å². The number of carbonyl (C=O) groups excluding carboxylic acids is 2. The van der Waals surface area contributed by atoms with Gasteiger partial charge in [0.1, 0.15) is 4.60 Å². The molecule has 1 aliphatic rings. The number of halogens is 1. The van der Waals surface area contributed by atoms with Gasteiger partial charge >= 0.3 is 0 Å². The molecule has 1 saturated heterocycles. The SMILES string of the molecule is Cn1nc2c(C3CCC(=O)NC3=O)cccc2c1Br. The van der Waals surface area contributed by atoms with Crippen molar-refractivity contribution in [3.05, 3.63) is 28.4 Å². The van der Waals surface area contributed by atoms with E-state index in [1.165, 1.54) is 0 Å². The van der Waals surface area contributed by atoms with Gasteiger partial charge in [0.05, 0.1) is 11.4 Å². The van der Waals surface area contributed by atoms with Crippen molar-refractivity contribution in [1.29, 1.82) is 0 Å². The van der Waals surface area contributed by atoms with E-state index in [1.807, 2.05) is 25.2 Å². The zero-order valence-electron chi connectivity index (χ0n) is 10.3. The molecule has 0 saturated carbocycles. The van der Waals surface area contributed by atoms with Crippen LogP contribution in [0, 0.1) is 0 Å². The van der Waals surface area contributed by atoms with Crippen molar-refractivity contribution in [2.75, 3.05) is 0 Å². The van der Waals surface area contributed by atoms with Crippen molar-refractivity contribution >= 4 is 38.6 Å². The van der Waals surface area contributed by atoms with E-state index in [0.717, 1.165) is 21.1 Å². The molecular weight excluding hydrogens is 310 g/mol. The van der Waals surface area contributed by atoms with Crippen molar-refractivity contribution in [2.45, 2.75) is 18.8 Å². The van der Waals surface area contributed by atoms with Gasteiger partial charge in [-0.25, -0.2) is 0 Å². The molecule has 1 N–H and O–H groups in total. The summed E-state index contributed by atoms with van der Waals surface area (Å²) >= 11 is 3.48. The molecule has 2 amide bonds. The number of nitrogens with zero attached hydrogens (tertiary/aromatic N) is 2. The second-order valence-corrected chi connectivity index (χ2v) is 5.41. The molecule has 1 atom stereocenters. The smallest absolute Gasteiger partial charge is 0.234 e. The van der Waals surface area contributed by atoms with Gasteiger partial charge in [0.25, 0.3) is 0 Å². The van der Waals surface area contributed by atoms with E-state index in [1.54, 1.807) is 4.68 Å². The van der Waals surface area contributed by atoms with Crippen LogP contribution in [-0.4, -0.2) is 21.6 Å². The van der Waals surface area contributed by atoms with Gasteiger partial charge in [0.2, 0.25) is 11.8 Å². The van der Waals surface area contributed by atoms with Crippen LogP contribution in [-0.2, 0) is 16.6 Å². The average Bonchev–Trinajstić information content (AvgIpc) is 2.66. The molecule has 5 nitrogen and oxygen atoms in total. The quantitative estimate of drug-likeness (QED) is 0.815. The number of benzene rings is 1. The maximum Gasteiger partial charge on any atom is 0.234 e. The number of carbonyl (C=O) groups is 2. The maximum atomic E-state index is 12.0. The molecule has 0 aliphatic carbocycles. The van der Waals surface area contributed by atoms with E-state index in [0.29, 0.717) is 12.8 Å². The summed E-state index contributed by atoms with van der Waals surface area (Å²) in [6, 6.07) is 5.78. The first-order valence-electron chi connectivity index (χ1n) is 6.02. The minimum atomic E-state index is -0.303. The molecule has 1 aromatic carbocycles. The van der Waals surface area contributed by atoms with Crippen LogP contribution < -0.4 is 5.32 Å². The van der Waals surface area contributed by atoms with Crippen molar-refractivity contribution in [3.8, 4) is 0 Å². The van der Waals surface area contributed by atoms with Gasteiger partial charge in [-0.2, -0.15) is 5.10 Å². The van der Waals surface area contributed by atoms with E-state index in [9.17, 15) is 9.59 Å². The first-order valence-corrected chi connectivity index (χ1v) is 6.82. The fraction of sp³-hybridized carbons (Fsp3) is 0.308. The number of hydrogen-bond donors (Lipinski definition) is 1. The van der Waals surface area contributed by atoms with E-state index in [-0.39, 0.29) is 17.7 Å². The van der Waals surface area contributed by atoms with Gasteiger partial charge in [0.15, 0.2) is 0 Å². The Kier molecular flexibility index (Phi) is 2.89. The number of fused-ring (bicyclic) bond motifs is 1. The Labute approximate surface area is 118 Å². The number of aryl methyl sites for hydroxylation is 1. The van der Waals surface area contributed by atoms with Crippen LogP contribution in [0.5, 0.6) is 0 Å². The molecule has 1 unspecified atom stereocenters. The normalized spacial score (nSPS) is 19.8. The molecule has 6 heteroatoms. The van der Waals surface area contributed by atoms with Crippen LogP contribution in [0.1, 0.15) is 24.3 Å². The Bertz CT molecular complexity index is 692. The fourth-order valence-corrected chi connectivity index (χ4v) is 2.88. The second-order valence-electron chi connectivity index (χ2n) is 4.66. The number of hydrogen-bond acceptors (Lipinski definition) is 3. The number of piperidine rings is 1. The van der Waals surface area contributed by atoms with Gasteiger partial charge in [-0.1, -0.05) is 18.2 Å². The predicted octanol–water partition coefficient (Wildman–Crippen LogP) is 1.86. The number of imide groups is 1. The highest BCUT2D eigenvalue weighted by Gasteiger charge is 2.30. The van der Waals surface area contributed by atoms with Gasteiger partial charge in [0, 0.05) is 18.9 Å². The predicted molar refractivity (Wildman–Crippen MR) is 73.5 cm³/mol. The van der Waals surface area contributed by atoms with Crippen molar-refractivity contribution in [3.63, 3.8) is 0 Å². The molecule has 2 heterocycles. The highest BCUT2D eigenvalue weighted by Crippen LogP contribution is 2.32. The molecule has 1 aromatic heterocycles. The first kappa shape index (κ1) is 12.3. The molecule has 0 radical (unpaired) electrons. The van der Waals surface area contributed by atoms with Crippen LogP contribution >= 0.6 is 15.9 Å². The Hall–Kier alpha value is -1.69. The Morgan fingerprint density at radius 1 is 1.42 bits per heavy atom. The zero-order chi connectivity index (χ0) is 13.6. The Morgan fingerprint density at radius 2 is 2.21 bits per heavy atom. The lowest BCUT2D eigenvalue weighted by Crippen LogP contribution is -2.39. The van der Waals surface area contributed by atoms with Crippen LogP contribution in [0.15, 0.2) is 22.8 Å². The molecule has 3 rings (SSSR count). The molecular formula is C13H12BrN3O2. The standard InChI is InChI=1S/C13H12BrN3O2/c1-17-12(14)9-4-2-3-7(11(9)16-17)8-5-6-10(18)15-13(8)19/h2-4,8H,5-6H2,1H3,(H,15,18,19). The first-order chi connectivity index (χ1) is 9.08. The van der Waals surface area contributed by atoms with Crippen LogP contribution in [0.4, 0.5) is 0 Å². The molecule has 1 fully saturated rings. The van der Waals surface area contributed by atoms with Gasteiger partial charge in [-0.15, -0.1) is 0 Å². The van der Waals surface area contributed by atoms with Gasteiger partial charge in [-0.3, -0.25) is 19.6 Å². The topological polar surface area (TPSA) is 64.0 Å². The fourth-order valence-electron chi connectivity index (χ4n) is 2.48. The summed E-state index contributed by atoms with van der Waals surface area (Å²) in [4.78, 5) is 23.2. The maximum absolute atomic E-state index is 12.0. The van der Waals surface area contributed by atoms with Gasteiger partial charge in [-0.05, 0) is 27.9 Å².